The summed E-state index contributed by atoms with van der Waals surface area (Å²) in [4.78, 5) is 0. The molecule has 68 valence electrons. The first kappa shape index (κ1) is 7.71. The summed E-state index contributed by atoms with van der Waals surface area (Å²) in [5.41, 5.74) is 1.15. The van der Waals surface area contributed by atoms with Gasteiger partial charge in [0, 0.05) is 12.7 Å². The number of aromatic amines is 2. The SMILES string of the molecule is c1n[nH]cc1CCNc1nn[nH]n1. The van der Waals surface area contributed by atoms with Gasteiger partial charge in [0.2, 0.25) is 0 Å². The molecule has 0 saturated heterocycles. The molecule has 0 saturated carbocycles. The Morgan fingerprint density at radius 1 is 1.46 bits per heavy atom. The summed E-state index contributed by atoms with van der Waals surface area (Å²) in [5.74, 6) is 0.517. The van der Waals surface area contributed by atoms with E-state index in [4.69, 9.17) is 0 Å². The molecule has 2 heterocycles. The molecule has 0 fully saturated rings. The average molecular weight is 179 g/mol. The van der Waals surface area contributed by atoms with Crippen molar-refractivity contribution in [1.82, 2.24) is 30.8 Å². The molecule has 3 N–H and O–H groups in total. The number of H-pyrrole nitrogens is 2. The van der Waals surface area contributed by atoms with Gasteiger partial charge in [0.05, 0.1) is 6.20 Å². The molecule has 0 atom stereocenters. The van der Waals surface area contributed by atoms with Crippen LogP contribution in [0, 0.1) is 0 Å². The lowest BCUT2D eigenvalue weighted by molar-refractivity contribution is 0.881. The van der Waals surface area contributed by atoms with E-state index in [2.05, 4.69) is 36.1 Å². The van der Waals surface area contributed by atoms with Gasteiger partial charge in [-0.25, -0.2) is 0 Å². The van der Waals surface area contributed by atoms with Crippen molar-refractivity contribution in [3.8, 4) is 0 Å². The second-order valence-corrected chi connectivity index (χ2v) is 2.52. The molecule has 2 aromatic heterocycles. The summed E-state index contributed by atoms with van der Waals surface area (Å²) in [7, 11) is 0. The van der Waals surface area contributed by atoms with Crippen LogP contribution in [-0.4, -0.2) is 37.4 Å². The van der Waals surface area contributed by atoms with Crippen LogP contribution in [0.3, 0.4) is 0 Å². The van der Waals surface area contributed by atoms with Gasteiger partial charge < -0.3 is 5.32 Å². The summed E-state index contributed by atoms with van der Waals surface area (Å²) >= 11 is 0. The first-order chi connectivity index (χ1) is 6.45. The minimum Gasteiger partial charge on any atom is -0.351 e. The van der Waals surface area contributed by atoms with Gasteiger partial charge in [-0.15, -0.1) is 5.10 Å². The fourth-order valence-corrected chi connectivity index (χ4v) is 0.970. The highest BCUT2D eigenvalue weighted by Gasteiger charge is 1.96. The molecule has 0 amide bonds. The average Bonchev–Trinajstić information content (AvgIpc) is 2.75. The highest BCUT2D eigenvalue weighted by atomic mass is 15.5. The molecule has 0 aliphatic rings. The Labute approximate surface area is 73.9 Å². The molecular weight excluding hydrogens is 170 g/mol. The highest BCUT2D eigenvalue weighted by molar-refractivity contribution is 5.19. The van der Waals surface area contributed by atoms with E-state index in [1.54, 1.807) is 6.20 Å². The van der Waals surface area contributed by atoms with Crippen LogP contribution in [0.15, 0.2) is 12.4 Å². The van der Waals surface area contributed by atoms with Crippen molar-refractivity contribution in [1.29, 1.82) is 0 Å². The summed E-state index contributed by atoms with van der Waals surface area (Å²) < 4.78 is 0. The van der Waals surface area contributed by atoms with Crippen molar-refractivity contribution < 1.29 is 0 Å². The predicted molar refractivity (Wildman–Crippen MR) is 45.0 cm³/mol. The van der Waals surface area contributed by atoms with Crippen LogP contribution in [0.4, 0.5) is 5.95 Å². The zero-order valence-electron chi connectivity index (χ0n) is 6.86. The van der Waals surface area contributed by atoms with E-state index >= 15 is 0 Å². The Bertz CT molecular complexity index is 290. The highest BCUT2D eigenvalue weighted by Crippen LogP contribution is 1.96. The van der Waals surface area contributed by atoms with Crippen LogP contribution in [0.25, 0.3) is 0 Å². The fourth-order valence-electron chi connectivity index (χ4n) is 0.970. The zero-order chi connectivity index (χ0) is 8.93. The molecule has 0 aliphatic carbocycles. The van der Waals surface area contributed by atoms with Crippen LogP contribution in [-0.2, 0) is 6.42 Å². The van der Waals surface area contributed by atoms with Crippen molar-refractivity contribution in [3.05, 3.63) is 18.0 Å². The third kappa shape index (κ3) is 2.01. The van der Waals surface area contributed by atoms with Crippen molar-refractivity contribution in [2.45, 2.75) is 6.42 Å². The van der Waals surface area contributed by atoms with E-state index in [0.717, 1.165) is 18.5 Å². The Balaban J connectivity index is 1.76. The largest absolute Gasteiger partial charge is 0.351 e. The van der Waals surface area contributed by atoms with Gasteiger partial charge in [-0.3, -0.25) is 5.10 Å². The predicted octanol–water partition coefficient (Wildman–Crippen LogP) is -0.423. The number of nitrogens with one attached hydrogen (secondary N) is 3. The van der Waals surface area contributed by atoms with Crippen LogP contribution in [0.1, 0.15) is 5.56 Å². The lowest BCUT2D eigenvalue weighted by atomic mass is 10.2. The third-order valence-corrected chi connectivity index (χ3v) is 1.60. The number of tetrazole rings is 1. The second-order valence-electron chi connectivity index (χ2n) is 2.52. The summed E-state index contributed by atoms with van der Waals surface area (Å²) in [6.45, 7) is 0.763. The van der Waals surface area contributed by atoms with E-state index in [1.165, 1.54) is 0 Å². The maximum Gasteiger partial charge on any atom is 0.263 e. The molecule has 0 aliphatic heterocycles. The monoisotopic (exact) mass is 179 g/mol. The van der Waals surface area contributed by atoms with E-state index in [0.29, 0.717) is 5.95 Å². The van der Waals surface area contributed by atoms with Crippen molar-refractivity contribution in [3.63, 3.8) is 0 Å². The quantitative estimate of drug-likeness (QED) is 0.592. The van der Waals surface area contributed by atoms with E-state index in [1.807, 2.05) is 6.20 Å². The van der Waals surface area contributed by atoms with E-state index < -0.39 is 0 Å². The molecule has 13 heavy (non-hydrogen) atoms. The Morgan fingerprint density at radius 3 is 3.15 bits per heavy atom. The summed E-state index contributed by atoms with van der Waals surface area (Å²) in [6, 6.07) is 0. The molecular formula is C6H9N7. The molecule has 0 aromatic carbocycles. The zero-order valence-corrected chi connectivity index (χ0v) is 6.86. The maximum absolute atomic E-state index is 3.84. The van der Waals surface area contributed by atoms with Crippen LogP contribution in [0.2, 0.25) is 0 Å². The number of aromatic nitrogens is 6. The Kier molecular flexibility index (Phi) is 2.17. The number of hydrogen-bond acceptors (Lipinski definition) is 5. The summed E-state index contributed by atoms with van der Waals surface area (Å²) in [5, 5.41) is 22.9. The number of rotatable bonds is 4. The number of anilines is 1. The molecule has 0 unspecified atom stereocenters. The van der Waals surface area contributed by atoms with Gasteiger partial charge >= 0.3 is 0 Å². The molecule has 2 rings (SSSR count). The molecule has 0 bridgehead atoms. The first-order valence-electron chi connectivity index (χ1n) is 3.90. The van der Waals surface area contributed by atoms with Gasteiger partial charge in [0.1, 0.15) is 0 Å². The Hall–Kier alpha value is -1.92. The molecule has 7 heteroatoms. The second kappa shape index (κ2) is 3.65. The maximum atomic E-state index is 3.84. The lowest BCUT2D eigenvalue weighted by Gasteiger charge is -1.97. The van der Waals surface area contributed by atoms with Crippen molar-refractivity contribution >= 4 is 5.95 Å². The van der Waals surface area contributed by atoms with Gasteiger partial charge in [0.15, 0.2) is 0 Å². The normalized spacial score (nSPS) is 10.2. The minimum absolute atomic E-state index is 0.517. The molecule has 0 spiro atoms. The molecule has 0 radical (unpaired) electrons. The number of nitrogens with zero attached hydrogens (tertiary/aromatic N) is 4. The van der Waals surface area contributed by atoms with Crippen LogP contribution in [0.5, 0.6) is 0 Å². The van der Waals surface area contributed by atoms with Gasteiger partial charge in [0.25, 0.3) is 5.95 Å². The fraction of sp³-hybridized carbons (Fsp3) is 0.333. The standard InChI is InChI=1S/C6H9N7/c1(5-3-8-9-4-5)2-7-6-10-12-13-11-6/h3-4H,1-2H2,(H,8,9)(H2,7,10,11,12,13). The van der Waals surface area contributed by atoms with Crippen LogP contribution < -0.4 is 5.32 Å². The minimum atomic E-state index is 0.517. The molecule has 2 aromatic rings. The van der Waals surface area contributed by atoms with Gasteiger partial charge in [-0.1, -0.05) is 5.10 Å². The van der Waals surface area contributed by atoms with Gasteiger partial charge in [-0.05, 0) is 17.2 Å². The van der Waals surface area contributed by atoms with Crippen molar-refractivity contribution in [2.75, 3.05) is 11.9 Å². The topological polar surface area (TPSA) is 95.2 Å². The van der Waals surface area contributed by atoms with E-state index in [-0.39, 0.29) is 0 Å². The van der Waals surface area contributed by atoms with E-state index in [9.17, 15) is 0 Å². The third-order valence-electron chi connectivity index (χ3n) is 1.60. The smallest absolute Gasteiger partial charge is 0.263 e. The summed E-state index contributed by atoms with van der Waals surface area (Å²) in [6.07, 6.45) is 4.53. The lowest BCUT2D eigenvalue weighted by Crippen LogP contribution is -2.05. The van der Waals surface area contributed by atoms with Crippen LogP contribution >= 0.6 is 0 Å². The number of hydrogen-bond donors (Lipinski definition) is 3. The first-order valence-corrected chi connectivity index (χ1v) is 3.90. The Morgan fingerprint density at radius 2 is 2.46 bits per heavy atom. The molecule has 7 nitrogen and oxygen atoms in total. The van der Waals surface area contributed by atoms with Crippen molar-refractivity contribution in [2.24, 2.45) is 0 Å². The van der Waals surface area contributed by atoms with Gasteiger partial charge in [-0.2, -0.15) is 10.3 Å².